The van der Waals surface area contributed by atoms with Crippen molar-refractivity contribution in [1.29, 1.82) is 5.26 Å². The van der Waals surface area contributed by atoms with Gasteiger partial charge in [0.15, 0.2) is 0 Å². The molecule has 2 saturated heterocycles. The molecule has 3 aliphatic heterocycles. The van der Waals surface area contributed by atoms with Crippen molar-refractivity contribution < 1.29 is 4.74 Å². The molecule has 5 rings (SSSR count). The van der Waals surface area contributed by atoms with Gasteiger partial charge in [0.25, 0.3) is 0 Å². The number of fused-ring (bicyclic) bond motifs is 1. The van der Waals surface area contributed by atoms with E-state index in [1.165, 1.54) is 28.8 Å². The quantitative estimate of drug-likeness (QED) is 0.590. The van der Waals surface area contributed by atoms with E-state index in [9.17, 15) is 5.26 Å². The number of hydrogen-bond acceptors (Lipinski definition) is 8. The molecular formula is C29H39N7O. The van der Waals surface area contributed by atoms with Crippen molar-refractivity contribution >= 4 is 17.6 Å². The molecule has 0 radical (unpaired) electrons. The normalized spacial score (nSPS) is 22.0. The van der Waals surface area contributed by atoms with Gasteiger partial charge in [0.1, 0.15) is 12.4 Å². The highest BCUT2D eigenvalue weighted by Gasteiger charge is 2.30. The maximum absolute atomic E-state index is 9.25. The zero-order chi connectivity index (χ0) is 25.8. The predicted molar refractivity (Wildman–Crippen MR) is 148 cm³/mol. The first-order valence-electron chi connectivity index (χ1n) is 13.7. The second kappa shape index (κ2) is 11.5. The Balaban J connectivity index is 1.46. The Morgan fingerprint density at radius 2 is 2.14 bits per heavy atom. The molecule has 0 saturated carbocycles. The van der Waals surface area contributed by atoms with E-state index in [1.807, 2.05) is 6.08 Å². The minimum Gasteiger partial charge on any atom is -0.462 e. The van der Waals surface area contributed by atoms with Gasteiger partial charge in [-0.25, -0.2) is 0 Å². The van der Waals surface area contributed by atoms with Gasteiger partial charge in [-0.2, -0.15) is 15.2 Å². The first kappa shape index (κ1) is 25.5. The molecule has 0 aliphatic carbocycles. The summed E-state index contributed by atoms with van der Waals surface area (Å²) in [7, 11) is 2.16. The maximum atomic E-state index is 9.25. The Hall–Kier alpha value is -3.15. The van der Waals surface area contributed by atoms with Crippen molar-refractivity contribution in [1.82, 2.24) is 20.2 Å². The molecule has 0 spiro atoms. The molecule has 3 aliphatic rings. The second-order valence-corrected chi connectivity index (χ2v) is 10.4. The van der Waals surface area contributed by atoms with Gasteiger partial charge >= 0.3 is 6.01 Å². The SMILES string of the molecule is C=Cc1cccc(N2CCc3c(nc(OC[C@@H]4CCCN4C)nc3N3CCNC(CC#N)C3)C2)c1CC. The first-order valence-corrected chi connectivity index (χ1v) is 13.7. The number of hydrogen-bond donors (Lipinski definition) is 1. The van der Waals surface area contributed by atoms with Crippen LogP contribution in [0.4, 0.5) is 11.5 Å². The average molecular weight is 502 g/mol. The van der Waals surface area contributed by atoms with Crippen LogP contribution in [-0.2, 0) is 19.4 Å². The lowest BCUT2D eigenvalue weighted by molar-refractivity contribution is 0.187. The van der Waals surface area contributed by atoms with E-state index in [4.69, 9.17) is 14.7 Å². The lowest BCUT2D eigenvalue weighted by atomic mass is 9.98. The molecule has 37 heavy (non-hydrogen) atoms. The molecule has 0 bridgehead atoms. The number of likely N-dealkylation sites (N-methyl/N-ethyl adjacent to an activating group) is 1. The van der Waals surface area contributed by atoms with Gasteiger partial charge in [-0.15, -0.1) is 0 Å². The Bertz CT molecular complexity index is 1160. The fraction of sp³-hybridized carbons (Fsp3) is 0.552. The van der Waals surface area contributed by atoms with Crippen molar-refractivity contribution in [2.75, 3.05) is 56.2 Å². The highest BCUT2D eigenvalue weighted by Crippen LogP contribution is 2.34. The zero-order valence-corrected chi connectivity index (χ0v) is 22.2. The van der Waals surface area contributed by atoms with Crippen LogP contribution in [0.1, 0.15) is 48.6 Å². The highest BCUT2D eigenvalue weighted by atomic mass is 16.5. The lowest BCUT2D eigenvalue weighted by Gasteiger charge is -2.37. The summed E-state index contributed by atoms with van der Waals surface area (Å²) in [6.45, 7) is 12.1. The minimum absolute atomic E-state index is 0.148. The molecule has 4 heterocycles. The van der Waals surface area contributed by atoms with Gasteiger partial charge in [0.05, 0.1) is 24.7 Å². The predicted octanol–water partition coefficient (Wildman–Crippen LogP) is 3.41. The van der Waals surface area contributed by atoms with Crippen LogP contribution in [0.25, 0.3) is 6.08 Å². The lowest BCUT2D eigenvalue weighted by Crippen LogP contribution is -2.51. The van der Waals surface area contributed by atoms with Crippen LogP contribution < -0.4 is 19.9 Å². The molecule has 1 N–H and O–H groups in total. The van der Waals surface area contributed by atoms with E-state index in [2.05, 4.69) is 64.8 Å². The summed E-state index contributed by atoms with van der Waals surface area (Å²) in [6.07, 6.45) is 6.64. The first-order chi connectivity index (χ1) is 18.1. The standard InChI is InChI=1S/C29H39N7O/c1-4-21-8-6-10-27(24(21)5-2)35-16-12-25-26(19-35)32-29(37-20-23-9-7-15-34(23)3)33-28(25)36-17-14-31-22(18-36)11-13-30/h4,6,8,10,22-23,31H,1,5,7,9,11-12,14-20H2,2-3H3/t22?,23-/m0/s1. The fourth-order valence-corrected chi connectivity index (χ4v) is 6.01. The van der Waals surface area contributed by atoms with Gasteiger partial charge in [-0.3, -0.25) is 0 Å². The molecule has 1 unspecified atom stereocenters. The van der Waals surface area contributed by atoms with Crippen LogP contribution >= 0.6 is 0 Å². The molecule has 1 aromatic carbocycles. The Kier molecular flexibility index (Phi) is 7.92. The summed E-state index contributed by atoms with van der Waals surface area (Å²) < 4.78 is 6.26. The average Bonchev–Trinajstić information content (AvgIpc) is 3.35. The Labute approximate surface area is 220 Å². The Morgan fingerprint density at radius 1 is 1.24 bits per heavy atom. The van der Waals surface area contributed by atoms with Gasteiger partial charge < -0.3 is 24.8 Å². The van der Waals surface area contributed by atoms with Gasteiger partial charge in [-0.05, 0) is 56.5 Å². The fourth-order valence-electron chi connectivity index (χ4n) is 6.01. The largest absolute Gasteiger partial charge is 0.462 e. The van der Waals surface area contributed by atoms with Crippen LogP contribution in [0, 0.1) is 11.3 Å². The molecule has 2 aromatic rings. The van der Waals surface area contributed by atoms with E-state index in [0.29, 0.717) is 25.1 Å². The van der Waals surface area contributed by atoms with Crippen molar-refractivity contribution in [2.24, 2.45) is 0 Å². The number of likely N-dealkylation sites (tertiary alicyclic amines) is 1. The van der Waals surface area contributed by atoms with E-state index in [-0.39, 0.29) is 6.04 Å². The molecule has 8 nitrogen and oxygen atoms in total. The molecule has 8 heteroatoms. The topological polar surface area (TPSA) is 80.6 Å². The number of piperazine rings is 1. The number of benzene rings is 1. The monoisotopic (exact) mass is 501 g/mol. The summed E-state index contributed by atoms with van der Waals surface area (Å²) in [5.41, 5.74) is 6.06. The molecule has 2 atom stereocenters. The third-order valence-electron chi connectivity index (χ3n) is 8.09. The van der Waals surface area contributed by atoms with Crippen LogP contribution in [0.2, 0.25) is 0 Å². The number of anilines is 2. The molecular weight excluding hydrogens is 462 g/mol. The van der Waals surface area contributed by atoms with Crippen LogP contribution in [0.3, 0.4) is 0 Å². The number of ether oxygens (including phenoxy) is 1. The van der Waals surface area contributed by atoms with E-state index in [0.717, 1.165) is 70.0 Å². The van der Waals surface area contributed by atoms with E-state index in [1.54, 1.807) is 0 Å². The number of nitrogens with zero attached hydrogens (tertiary/aromatic N) is 6. The Morgan fingerprint density at radius 3 is 2.89 bits per heavy atom. The maximum Gasteiger partial charge on any atom is 0.318 e. The summed E-state index contributed by atoms with van der Waals surface area (Å²) in [5.74, 6) is 0.986. The van der Waals surface area contributed by atoms with E-state index < -0.39 is 0 Å². The van der Waals surface area contributed by atoms with Crippen molar-refractivity contribution in [3.63, 3.8) is 0 Å². The number of aromatic nitrogens is 2. The minimum atomic E-state index is 0.148. The number of nitrogens with one attached hydrogen (secondary N) is 1. The third kappa shape index (κ3) is 5.43. The van der Waals surface area contributed by atoms with Crippen LogP contribution in [0.15, 0.2) is 24.8 Å². The van der Waals surface area contributed by atoms with Gasteiger partial charge in [0.2, 0.25) is 0 Å². The van der Waals surface area contributed by atoms with Gasteiger partial charge in [-0.1, -0.05) is 31.7 Å². The zero-order valence-electron chi connectivity index (χ0n) is 22.2. The second-order valence-electron chi connectivity index (χ2n) is 10.4. The molecule has 2 fully saturated rings. The highest BCUT2D eigenvalue weighted by molar-refractivity contribution is 5.66. The van der Waals surface area contributed by atoms with Crippen LogP contribution in [0.5, 0.6) is 6.01 Å². The smallest absolute Gasteiger partial charge is 0.318 e. The van der Waals surface area contributed by atoms with Crippen molar-refractivity contribution in [2.45, 2.75) is 57.7 Å². The molecule has 0 amide bonds. The summed E-state index contributed by atoms with van der Waals surface area (Å²) >= 11 is 0. The van der Waals surface area contributed by atoms with Crippen molar-refractivity contribution in [3.8, 4) is 12.1 Å². The molecule has 1 aromatic heterocycles. The number of rotatable bonds is 8. The van der Waals surface area contributed by atoms with E-state index >= 15 is 0 Å². The van der Waals surface area contributed by atoms with Crippen molar-refractivity contribution in [3.05, 3.63) is 47.2 Å². The molecule has 196 valence electrons. The summed E-state index contributed by atoms with van der Waals surface area (Å²) in [6, 6.07) is 9.83. The number of nitriles is 1. The third-order valence-corrected chi connectivity index (χ3v) is 8.09. The van der Waals surface area contributed by atoms with Crippen LogP contribution in [-0.4, -0.2) is 73.3 Å². The summed E-state index contributed by atoms with van der Waals surface area (Å²) in [5, 5.41) is 12.7. The van der Waals surface area contributed by atoms with Gasteiger partial charge in [0, 0.05) is 49.5 Å². The summed E-state index contributed by atoms with van der Waals surface area (Å²) in [4.78, 5) is 17.1.